The first-order valence-electron chi connectivity index (χ1n) is 6.89. The largest absolute Gasteiger partial charge is 0.385 e. The third-order valence-electron chi connectivity index (χ3n) is 4.74. The standard InChI is InChI=1S/C16H21NO/c1-11-6-8-16(18,10-12(11)2)14-4-3-5-15-13(14)7-9-17-15/h3-5,7,9,11-12,17-18H,6,8,10H2,1-2H3. The van der Waals surface area contributed by atoms with Gasteiger partial charge in [-0.15, -0.1) is 0 Å². The molecule has 3 rings (SSSR count). The van der Waals surface area contributed by atoms with Crippen LogP contribution in [0.4, 0.5) is 0 Å². The van der Waals surface area contributed by atoms with Crippen LogP contribution in [0.2, 0.25) is 0 Å². The van der Waals surface area contributed by atoms with E-state index in [-0.39, 0.29) is 0 Å². The number of fused-ring (bicyclic) bond motifs is 1. The number of nitrogens with one attached hydrogen (secondary N) is 1. The van der Waals surface area contributed by atoms with Crippen LogP contribution >= 0.6 is 0 Å². The van der Waals surface area contributed by atoms with Gasteiger partial charge in [0.05, 0.1) is 5.60 Å². The number of H-pyrrole nitrogens is 1. The molecule has 1 aliphatic rings. The summed E-state index contributed by atoms with van der Waals surface area (Å²) in [5, 5.41) is 12.2. The maximum absolute atomic E-state index is 11.0. The van der Waals surface area contributed by atoms with Gasteiger partial charge in [0.2, 0.25) is 0 Å². The summed E-state index contributed by atoms with van der Waals surface area (Å²) >= 11 is 0. The van der Waals surface area contributed by atoms with Crippen LogP contribution in [-0.2, 0) is 5.60 Å². The fourth-order valence-corrected chi connectivity index (χ4v) is 3.32. The molecule has 0 amide bonds. The minimum absolute atomic E-state index is 0.581. The van der Waals surface area contributed by atoms with Crippen molar-refractivity contribution in [2.45, 2.75) is 38.7 Å². The van der Waals surface area contributed by atoms with E-state index in [0.29, 0.717) is 5.92 Å². The van der Waals surface area contributed by atoms with Crippen LogP contribution in [-0.4, -0.2) is 10.1 Å². The average Bonchev–Trinajstić information content (AvgIpc) is 2.82. The Bertz CT molecular complexity index is 559. The maximum atomic E-state index is 11.0. The SMILES string of the molecule is CC1CCC(O)(c2cccc3[nH]ccc23)CC1C. The Hall–Kier alpha value is -1.28. The zero-order valence-electron chi connectivity index (χ0n) is 11.1. The number of aromatic amines is 1. The summed E-state index contributed by atoms with van der Waals surface area (Å²) in [6.45, 7) is 4.55. The summed E-state index contributed by atoms with van der Waals surface area (Å²) in [7, 11) is 0. The van der Waals surface area contributed by atoms with Crippen molar-refractivity contribution in [3.63, 3.8) is 0 Å². The second-order valence-electron chi connectivity index (χ2n) is 5.97. The summed E-state index contributed by atoms with van der Waals surface area (Å²) in [5.74, 6) is 1.30. The second kappa shape index (κ2) is 4.13. The molecule has 2 nitrogen and oxygen atoms in total. The van der Waals surface area contributed by atoms with Crippen LogP contribution in [0.25, 0.3) is 10.9 Å². The molecule has 2 heteroatoms. The molecule has 1 aromatic carbocycles. The van der Waals surface area contributed by atoms with E-state index < -0.39 is 5.60 Å². The second-order valence-corrected chi connectivity index (χ2v) is 5.97. The Morgan fingerprint density at radius 1 is 1.22 bits per heavy atom. The van der Waals surface area contributed by atoms with Gasteiger partial charge in [-0.2, -0.15) is 0 Å². The lowest BCUT2D eigenvalue weighted by molar-refractivity contribution is -0.0323. The molecule has 18 heavy (non-hydrogen) atoms. The Morgan fingerprint density at radius 2 is 2.06 bits per heavy atom. The number of aromatic nitrogens is 1. The highest BCUT2D eigenvalue weighted by Crippen LogP contribution is 2.44. The monoisotopic (exact) mass is 243 g/mol. The van der Waals surface area contributed by atoms with Crippen molar-refractivity contribution in [3.05, 3.63) is 36.0 Å². The lowest BCUT2D eigenvalue weighted by Crippen LogP contribution is -2.35. The molecule has 1 aliphatic carbocycles. The number of hydrogen-bond acceptors (Lipinski definition) is 1. The first kappa shape index (κ1) is 11.8. The predicted molar refractivity (Wildman–Crippen MR) is 74.4 cm³/mol. The number of hydrogen-bond donors (Lipinski definition) is 2. The molecule has 1 heterocycles. The summed E-state index contributed by atoms with van der Waals surface area (Å²) in [6.07, 6.45) is 4.81. The smallest absolute Gasteiger partial charge is 0.0905 e. The molecule has 2 N–H and O–H groups in total. The van der Waals surface area contributed by atoms with Crippen molar-refractivity contribution in [2.75, 3.05) is 0 Å². The normalized spacial score (nSPS) is 32.8. The first-order valence-corrected chi connectivity index (χ1v) is 6.89. The molecular formula is C16H21NO. The van der Waals surface area contributed by atoms with Gasteiger partial charge in [0.15, 0.2) is 0 Å². The molecule has 1 aromatic heterocycles. The Kier molecular flexibility index (Phi) is 2.70. The van der Waals surface area contributed by atoms with Gasteiger partial charge >= 0.3 is 0 Å². The van der Waals surface area contributed by atoms with Crippen LogP contribution in [0.3, 0.4) is 0 Å². The van der Waals surface area contributed by atoms with Gasteiger partial charge in [-0.3, -0.25) is 0 Å². The molecule has 96 valence electrons. The summed E-state index contributed by atoms with van der Waals surface area (Å²) in [5.41, 5.74) is 1.57. The Labute approximate surface area is 108 Å². The van der Waals surface area contributed by atoms with Gasteiger partial charge in [-0.25, -0.2) is 0 Å². The Balaban J connectivity index is 2.05. The summed E-state index contributed by atoms with van der Waals surface area (Å²) in [6, 6.07) is 8.26. The number of aliphatic hydroxyl groups is 1. The molecule has 0 aliphatic heterocycles. The van der Waals surface area contributed by atoms with Crippen LogP contribution in [0.1, 0.15) is 38.7 Å². The molecule has 1 saturated carbocycles. The van der Waals surface area contributed by atoms with Crippen molar-refractivity contribution in [1.82, 2.24) is 4.98 Å². The minimum atomic E-state index is -0.645. The predicted octanol–water partition coefficient (Wildman–Crippen LogP) is 3.81. The zero-order chi connectivity index (χ0) is 12.8. The third-order valence-corrected chi connectivity index (χ3v) is 4.74. The zero-order valence-corrected chi connectivity index (χ0v) is 11.1. The topological polar surface area (TPSA) is 36.0 Å². The molecule has 0 bridgehead atoms. The fourth-order valence-electron chi connectivity index (χ4n) is 3.32. The van der Waals surface area contributed by atoms with Gasteiger partial charge in [0.1, 0.15) is 0 Å². The molecule has 3 atom stereocenters. The quantitative estimate of drug-likeness (QED) is 0.785. The molecule has 1 fully saturated rings. The summed E-state index contributed by atoms with van der Waals surface area (Å²) < 4.78 is 0. The van der Waals surface area contributed by atoms with E-state index in [4.69, 9.17) is 0 Å². The van der Waals surface area contributed by atoms with Crippen LogP contribution in [0.15, 0.2) is 30.5 Å². The van der Waals surface area contributed by atoms with Crippen molar-refractivity contribution < 1.29 is 5.11 Å². The van der Waals surface area contributed by atoms with E-state index in [0.717, 1.165) is 36.3 Å². The van der Waals surface area contributed by atoms with Gasteiger partial charge in [-0.05, 0) is 48.8 Å². The van der Waals surface area contributed by atoms with Crippen LogP contribution in [0, 0.1) is 11.8 Å². The molecule has 2 aromatic rings. The van der Waals surface area contributed by atoms with Crippen LogP contribution < -0.4 is 0 Å². The van der Waals surface area contributed by atoms with E-state index in [1.807, 2.05) is 12.3 Å². The summed E-state index contributed by atoms with van der Waals surface area (Å²) in [4.78, 5) is 3.23. The molecular weight excluding hydrogens is 222 g/mol. The first-order chi connectivity index (χ1) is 8.60. The Morgan fingerprint density at radius 3 is 2.83 bits per heavy atom. The highest BCUT2D eigenvalue weighted by Gasteiger charge is 2.38. The van der Waals surface area contributed by atoms with Gasteiger partial charge in [0, 0.05) is 17.1 Å². The van der Waals surface area contributed by atoms with E-state index in [1.54, 1.807) is 0 Å². The minimum Gasteiger partial charge on any atom is -0.385 e. The van der Waals surface area contributed by atoms with Crippen molar-refractivity contribution in [2.24, 2.45) is 11.8 Å². The van der Waals surface area contributed by atoms with Gasteiger partial charge < -0.3 is 10.1 Å². The van der Waals surface area contributed by atoms with Gasteiger partial charge in [0.25, 0.3) is 0 Å². The number of benzene rings is 1. The van der Waals surface area contributed by atoms with Crippen molar-refractivity contribution in [3.8, 4) is 0 Å². The fraction of sp³-hybridized carbons (Fsp3) is 0.500. The van der Waals surface area contributed by atoms with E-state index in [2.05, 4.69) is 37.0 Å². The van der Waals surface area contributed by atoms with Crippen molar-refractivity contribution >= 4 is 10.9 Å². The van der Waals surface area contributed by atoms with Crippen LogP contribution in [0.5, 0.6) is 0 Å². The molecule has 0 saturated heterocycles. The maximum Gasteiger partial charge on any atom is 0.0905 e. The van der Waals surface area contributed by atoms with Crippen molar-refractivity contribution in [1.29, 1.82) is 0 Å². The highest BCUT2D eigenvalue weighted by molar-refractivity contribution is 5.83. The lowest BCUT2D eigenvalue weighted by atomic mass is 9.70. The van der Waals surface area contributed by atoms with E-state index in [1.165, 1.54) is 5.39 Å². The third kappa shape index (κ3) is 1.76. The molecule has 0 radical (unpaired) electrons. The molecule has 3 unspecified atom stereocenters. The van der Waals surface area contributed by atoms with E-state index in [9.17, 15) is 5.11 Å². The number of rotatable bonds is 1. The van der Waals surface area contributed by atoms with E-state index >= 15 is 0 Å². The molecule has 0 spiro atoms. The average molecular weight is 243 g/mol. The highest BCUT2D eigenvalue weighted by atomic mass is 16.3. The lowest BCUT2D eigenvalue weighted by Gasteiger charge is -2.39. The van der Waals surface area contributed by atoms with Gasteiger partial charge in [-0.1, -0.05) is 26.0 Å².